The largest absolute Gasteiger partial charge is 0.481 e. The van der Waals surface area contributed by atoms with Crippen molar-refractivity contribution in [1.29, 1.82) is 0 Å². The van der Waals surface area contributed by atoms with E-state index in [-0.39, 0.29) is 18.4 Å². The third-order valence-corrected chi connectivity index (χ3v) is 6.11. The summed E-state index contributed by atoms with van der Waals surface area (Å²) >= 11 is 0. The van der Waals surface area contributed by atoms with Crippen LogP contribution in [0, 0.1) is 5.92 Å². The third kappa shape index (κ3) is 3.50. The standard InChI is InChI=1S/C20H27N3O4/c1-13(2)14-4-6-15(7-5-14)21-19(27)23-10-8-20(9-11-23)16(18(25)26)12-17(24)22(20)3/h4-7,13,16H,8-12H2,1-3H3,(H,21,27)(H,25,26)/t16-/m0/s1. The average Bonchev–Trinajstić information content (AvgIpc) is 2.88. The zero-order valence-electron chi connectivity index (χ0n) is 16.1. The SMILES string of the molecule is CC(C)c1ccc(NC(=O)N2CCC3(CC2)[C@H](C(=O)O)CC(=O)N3C)cc1. The molecule has 0 radical (unpaired) electrons. The molecule has 146 valence electrons. The maximum Gasteiger partial charge on any atom is 0.321 e. The molecule has 2 N–H and O–H groups in total. The molecule has 7 heteroatoms. The molecule has 2 fully saturated rings. The lowest BCUT2D eigenvalue weighted by molar-refractivity contribution is -0.145. The number of anilines is 1. The molecule has 0 bridgehead atoms. The molecule has 1 spiro atoms. The van der Waals surface area contributed by atoms with Gasteiger partial charge in [-0.2, -0.15) is 0 Å². The summed E-state index contributed by atoms with van der Waals surface area (Å²) < 4.78 is 0. The van der Waals surface area contributed by atoms with E-state index in [1.54, 1.807) is 16.8 Å². The summed E-state index contributed by atoms with van der Waals surface area (Å²) in [7, 11) is 1.68. The van der Waals surface area contributed by atoms with E-state index in [1.807, 2.05) is 24.3 Å². The first-order valence-corrected chi connectivity index (χ1v) is 9.40. The Labute approximate surface area is 159 Å². The van der Waals surface area contributed by atoms with Gasteiger partial charge in [0.25, 0.3) is 0 Å². The number of amides is 3. The van der Waals surface area contributed by atoms with Gasteiger partial charge in [0.2, 0.25) is 5.91 Å². The van der Waals surface area contributed by atoms with E-state index in [0.717, 1.165) is 5.69 Å². The Morgan fingerprint density at radius 3 is 2.30 bits per heavy atom. The summed E-state index contributed by atoms with van der Waals surface area (Å²) in [6.45, 7) is 5.09. The number of carboxylic acids is 1. The first-order chi connectivity index (χ1) is 12.7. The lowest BCUT2D eigenvalue weighted by atomic mass is 9.77. The van der Waals surface area contributed by atoms with Gasteiger partial charge < -0.3 is 20.2 Å². The second kappa shape index (κ2) is 7.21. The number of carbonyl (C=O) groups is 3. The highest BCUT2D eigenvalue weighted by Crippen LogP contribution is 2.42. The van der Waals surface area contributed by atoms with Gasteiger partial charge in [0, 0.05) is 32.2 Å². The predicted molar refractivity (Wildman–Crippen MR) is 102 cm³/mol. The van der Waals surface area contributed by atoms with E-state index >= 15 is 0 Å². The summed E-state index contributed by atoms with van der Waals surface area (Å²) in [5, 5.41) is 12.4. The molecular weight excluding hydrogens is 346 g/mol. The average molecular weight is 373 g/mol. The zero-order chi connectivity index (χ0) is 19.8. The second-order valence-electron chi connectivity index (χ2n) is 7.85. The number of carboxylic acid groups (broad SMARTS) is 1. The highest BCUT2D eigenvalue weighted by molar-refractivity contribution is 5.90. The minimum Gasteiger partial charge on any atom is -0.481 e. The van der Waals surface area contributed by atoms with Crippen LogP contribution in [-0.2, 0) is 9.59 Å². The van der Waals surface area contributed by atoms with Crippen molar-refractivity contribution in [3.63, 3.8) is 0 Å². The van der Waals surface area contributed by atoms with Crippen LogP contribution in [0.25, 0.3) is 0 Å². The van der Waals surface area contributed by atoms with Crippen molar-refractivity contribution in [2.45, 2.75) is 44.6 Å². The Balaban J connectivity index is 1.64. The Kier molecular flexibility index (Phi) is 5.13. The van der Waals surface area contributed by atoms with E-state index in [4.69, 9.17) is 0 Å². The van der Waals surface area contributed by atoms with Crippen LogP contribution in [0.4, 0.5) is 10.5 Å². The molecule has 3 rings (SSSR count). The molecule has 0 saturated carbocycles. The number of rotatable bonds is 3. The fraction of sp³-hybridized carbons (Fsp3) is 0.550. The first-order valence-electron chi connectivity index (χ1n) is 9.40. The number of piperidine rings is 1. The predicted octanol–water partition coefficient (Wildman–Crippen LogP) is 2.74. The van der Waals surface area contributed by atoms with Crippen LogP contribution in [0.1, 0.15) is 44.6 Å². The van der Waals surface area contributed by atoms with Crippen LogP contribution in [0.15, 0.2) is 24.3 Å². The number of hydrogen-bond acceptors (Lipinski definition) is 3. The Bertz CT molecular complexity index is 736. The molecule has 27 heavy (non-hydrogen) atoms. The molecule has 3 amide bonds. The van der Waals surface area contributed by atoms with Gasteiger partial charge in [-0.25, -0.2) is 4.79 Å². The summed E-state index contributed by atoms with van der Waals surface area (Å²) in [4.78, 5) is 39.5. The quantitative estimate of drug-likeness (QED) is 0.852. The lowest BCUT2D eigenvalue weighted by Crippen LogP contribution is -2.57. The second-order valence-corrected chi connectivity index (χ2v) is 7.85. The minimum atomic E-state index is -0.934. The smallest absolute Gasteiger partial charge is 0.321 e. The summed E-state index contributed by atoms with van der Waals surface area (Å²) in [6.07, 6.45) is 0.998. The molecule has 1 aromatic carbocycles. The summed E-state index contributed by atoms with van der Waals surface area (Å²) in [5.74, 6) is -1.34. The van der Waals surface area contributed by atoms with E-state index in [9.17, 15) is 19.5 Å². The van der Waals surface area contributed by atoms with E-state index in [2.05, 4.69) is 19.2 Å². The number of benzene rings is 1. The Hall–Kier alpha value is -2.57. The molecule has 1 aromatic rings. The maximum absolute atomic E-state index is 12.6. The summed E-state index contributed by atoms with van der Waals surface area (Å²) in [5.41, 5.74) is 1.27. The number of hydrogen-bond donors (Lipinski definition) is 2. The Morgan fingerprint density at radius 2 is 1.78 bits per heavy atom. The van der Waals surface area contributed by atoms with Crippen molar-refractivity contribution in [1.82, 2.24) is 9.80 Å². The zero-order valence-corrected chi connectivity index (χ0v) is 16.1. The molecule has 1 atom stereocenters. The van der Waals surface area contributed by atoms with Crippen LogP contribution >= 0.6 is 0 Å². The molecule has 2 saturated heterocycles. The van der Waals surface area contributed by atoms with Crippen molar-refractivity contribution in [3.05, 3.63) is 29.8 Å². The molecule has 2 heterocycles. The van der Waals surface area contributed by atoms with Gasteiger partial charge in [0.1, 0.15) is 0 Å². The number of urea groups is 1. The fourth-order valence-corrected chi connectivity index (χ4v) is 4.24. The number of likely N-dealkylation sites (tertiary alicyclic amines) is 2. The van der Waals surface area contributed by atoms with Crippen molar-refractivity contribution < 1.29 is 19.5 Å². The van der Waals surface area contributed by atoms with Gasteiger partial charge in [0.15, 0.2) is 0 Å². The molecule has 2 aliphatic heterocycles. The highest BCUT2D eigenvalue weighted by atomic mass is 16.4. The molecule has 7 nitrogen and oxygen atoms in total. The number of nitrogens with zero attached hydrogens (tertiary/aromatic N) is 2. The number of aliphatic carboxylic acids is 1. The van der Waals surface area contributed by atoms with Crippen LogP contribution < -0.4 is 5.32 Å². The van der Waals surface area contributed by atoms with Crippen LogP contribution in [-0.4, -0.2) is 58.5 Å². The van der Waals surface area contributed by atoms with Gasteiger partial charge in [-0.3, -0.25) is 9.59 Å². The van der Waals surface area contributed by atoms with Crippen LogP contribution in [0.2, 0.25) is 0 Å². The number of nitrogens with one attached hydrogen (secondary N) is 1. The molecule has 2 aliphatic rings. The monoisotopic (exact) mass is 373 g/mol. The maximum atomic E-state index is 12.6. The molecule has 0 aliphatic carbocycles. The van der Waals surface area contributed by atoms with Crippen LogP contribution in [0.3, 0.4) is 0 Å². The first kappa shape index (κ1) is 19.2. The third-order valence-electron chi connectivity index (χ3n) is 6.11. The normalized spacial score (nSPS) is 21.8. The van der Waals surface area contributed by atoms with Gasteiger partial charge >= 0.3 is 12.0 Å². The Morgan fingerprint density at radius 1 is 1.19 bits per heavy atom. The number of carbonyl (C=O) groups excluding carboxylic acids is 2. The van der Waals surface area contributed by atoms with Gasteiger partial charge in [-0.1, -0.05) is 26.0 Å². The van der Waals surface area contributed by atoms with Crippen molar-refractivity contribution >= 4 is 23.6 Å². The van der Waals surface area contributed by atoms with E-state index in [0.29, 0.717) is 31.8 Å². The fourth-order valence-electron chi connectivity index (χ4n) is 4.24. The minimum absolute atomic E-state index is 0.0419. The summed E-state index contributed by atoms with van der Waals surface area (Å²) in [6, 6.07) is 7.59. The van der Waals surface area contributed by atoms with Gasteiger partial charge in [-0.15, -0.1) is 0 Å². The topological polar surface area (TPSA) is 90.0 Å². The lowest BCUT2D eigenvalue weighted by Gasteiger charge is -2.45. The molecule has 0 aromatic heterocycles. The van der Waals surface area contributed by atoms with Crippen molar-refractivity contribution in [2.75, 3.05) is 25.5 Å². The van der Waals surface area contributed by atoms with Crippen molar-refractivity contribution in [2.24, 2.45) is 5.92 Å². The van der Waals surface area contributed by atoms with E-state index < -0.39 is 17.4 Å². The molecule has 0 unspecified atom stereocenters. The van der Waals surface area contributed by atoms with Crippen molar-refractivity contribution in [3.8, 4) is 0 Å². The van der Waals surface area contributed by atoms with Crippen LogP contribution in [0.5, 0.6) is 0 Å². The van der Waals surface area contributed by atoms with Gasteiger partial charge in [-0.05, 0) is 36.5 Å². The van der Waals surface area contributed by atoms with E-state index in [1.165, 1.54) is 5.56 Å². The molecular formula is C20H27N3O4. The highest BCUT2D eigenvalue weighted by Gasteiger charge is 2.55. The van der Waals surface area contributed by atoms with Gasteiger partial charge in [0.05, 0.1) is 11.5 Å².